The lowest BCUT2D eigenvalue weighted by Gasteiger charge is -2.05. The number of aryl methyl sites for hydroxylation is 3. The molecular formula is C20H18NO+. The Morgan fingerprint density at radius 3 is 2.55 bits per heavy atom. The third kappa shape index (κ3) is 1.92. The molecule has 0 saturated carbocycles. The molecule has 4 aromatic rings. The monoisotopic (exact) mass is 288 g/mol. The van der Waals surface area contributed by atoms with Crippen LogP contribution in [0.4, 0.5) is 0 Å². The fourth-order valence-corrected chi connectivity index (χ4v) is 3.09. The summed E-state index contributed by atoms with van der Waals surface area (Å²) < 4.78 is 8.14. The highest BCUT2D eigenvalue weighted by Gasteiger charge is 2.16. The molecule has 0 N–H and O–H groups in total. The number of rotatable bonds is 1. The van der Waals surface area contributed by atoms with E-state index >= 15 is 0 Å². The average molecular weight is 288 g/mol. The molecule has 0 aliphatic carbocycles. The molecule has 2 aromatic carbocycles. The molecule has 108 valence electrons. The van der Waals surface area contributed by atoms with Crippen LogP contribution in [0.2, 0.25) is 0 Å². The lowest BCUT2D eigenvalue weighted by Crippen LogP contribution is -2.30. The molecule has 0 aliphatic rings. The summed E-state index contributed by atoms with van der Waals surface area (Å²) in [5.74, 6) is 0. The largest absolute Gasteiger partial charge is 0.456 e. The minimum Gasteiger partial charge on any atom is -0.456 e. The number of hydrogen-bond donors (Lipinski definition) is 0. The average Bonchev–Trinajstić information content (AvgIpc) is 2.86. The maximum atomic E-state index is 5.97. The summed E-state index contributed by atoms with van der Waals surface area (Å²) >= 11 is 0. The topological polar surface area (TPSA) is 17.0 Å². The Labute approximate surface area is 129 Å². The molecule has 2 heterocycles. The molecule has 0 amide bonds. The first-order valence-corrected chi connectivity index (χ1v) is 7.52. The standard InChI is InChI=1S/C20H18NO/c1-13-8-9-21(3)18(10-13)16-12-17-15-6-4-5-7-19(15)22-20(17)11-14(16)2/h4-12H,1-3H3/q+1. The zero-order chi connectivity index (χ0) is 15.3. The first kappa shape index (κ1) is 13.1. The van der Waals surface area contributed by atoms with Gasteiger partial charge in [0.2, 0.25) is 5.69 Å². The minimum atomic E-state index is 0.947. The molecule has 0 radical (unpaired) electrons. The van der Waals surface area contributed by atoms with Crippen LogP contribution in [-0.2, 0) is 7.05 Å². The Morgan fingerprint density at radius 2 is 1.68 bits per heavy atom. The van der Waals surface area contributed by atoms with Crippen molar-refractivity contribution in [1.29, 1.82) is 0 Å². The molecule has 2 aromatic heterocycles. The molecule has 0 spiro atoms. The van der Waals surface area contributed by atoms with Gasteiger partial charge in [-0.3, -0.25) is 0 Å². The van der Waals surface area contributed by atoms with Gasteiger partial charge < -0.3 is 4.42 Å². The van der Waals surface area contributed by atoms with Crippen molar-refractivity contribution in [2.75, 3.05) is 0 Å². The molecule has 2 nitrogen and oxygen atoms in total. The molecule has 0 aliphatic heterocycles. The van der Waals surface area contributed by atoms with Crippen LogP contribution in [0.1, 0.15) is 11.1 Å². The van der Waals surface area contributed by atoms with E-state index in [0.717, 1.165) is 11.2 Å². The summed E-state index contributed by atoms with van der Waals surface area (Å²) in [6, 6.07) is 17.0. The number of aromatic nitrogens is 1. The van der Waals surface area contributed by atoms with Gasteiger partial charge in [-0.15, -0.1) is 0 Å². The third-order valence-corrected chi connectivity index (χ3v) is 4.31. The van der Waals surface area contributed by atoms with E-state index in [4.69, 9.17) is 4.42 Å². The summed E-state index contributed by atoms with van der Waals surface area (Å²) in [4.78, 5) is 0. The highest BCUT2D eigenvalue weighted by Crippen LogP contribution is 2.33. The molecule has 0 bridgehead atoms. The van der Waals surface area contributed by atoms with E-state index in [0.29, 0.717) is 0 Å². The van der Waals surface area contributed by atoms with Gasteiger partial charge in [-0.1, -0.05) is 18.2 Å². The minimum absolute atomic E-state index is 0.947. The molecule has 4 rings (SSSR count). The number of para-hydroxylation sites is 1. The second-order valence-corrected chi connectivity index (χ2v) is 5.96. The van der Waals surface area contributed by atoms with Gasteiger partial charge in [0.25, 0.3) is 0 Å². The van der Waals surface area contributed by atoms with Gasteiger partial charge in [-0.05, 0) is 43.2 Å². The van der Waals surface area contributed by atoms with Crippen molar-refractivity contribution in [3.05, 3.63) is 65.9 Å². The maximum absolute atomic E-state index is 5.97. The summed E-state index contributed by atoms with van der Waals surface area (Å²) in [6.07, 6.45) is 2.11. The van der Waals surface area contributed by atoms with Crippen LogP contribution in [0.5, 0.6) is 0 Å². The smallest absolute Gasteiger partial charge is 0.212 e. The Bertz CT molecular complexity index is 1010. The van der Waals surface area contributed by atoms with E-state index in [2.05, 4.69) is 68.1 Å². The molecule has 0 fully saturated rings. The fourth-order valence-electron chi connectivity index (χ4n) is 3.09. The maximum Gasteiger partial charge on any atom is 0.212 e. The third-order valence-electron chi connectivity index (χ3n) is 4.31. The molecule has 0 saturated heterocycles. The normalized spacial score (nSPS) is 11.4. The second kappa shape index (κ2) is 4.70. The molecule has 2 heteroatoms. The summed E-state index contributed by atoms with van der Waals surface area (Å²) in [5.41, 5.74) is 6.88. The Kier molecular flexibility index (Phi) is 2.80. The van der Waals surface area contributed by atoms with Gasteiger partial charge in [0, 0.05) is 28.5 Å². The van der Waals surface area contributed by atoms with Crippen LogP contribution >= 0.6 is 0 Å². The SMILES string of the molecule is Cc1cc[n+](C)c(-c2cc3c(cc2C)oc2ccccc23)c1. The number of benzene rings is 2. The van der Waals surface area contributed by atoms with Gasteiger partial charge in [0.1, 0.15) is 18.2 Å². The van der Waals surface area contributed by atoms with E-state index in [1.165, 1.54) is 33.2 Å². The van der Waals surface area contributed by atoms with Gasteiger partial charge in [-0.2, -0.15) is 0 Å². The van der Waals surface area contributed by atoms with Crippen molar-refractivity contribution < 1.29 is 8.98 Å². The number of hydrogen-bond acceptors (Lipinski definition) is 1. The highest BCUT2D eigenvalue weighted by molar-refractivity contribution is 6.06. The van der Waals surface area contributed by atoms with Gasteiger partial charge in [0.05, 0.1) is 0 Å². The van der Waals surface area contributed by atoms with Crippen molar-refractivity contribution in [3.8, 4) is 11.3 Å². The quantitative estimate of drug-likeness (QED) is 0.464. The van der Waals surface area contributed by atoms with Crippen molar-refractivity contribution in [3.63, 3.8) is 0 Å². The number of furan rings is 1. The van der Waals surface area contributed by atoms with Crippen LogP contribution in [0.25, 0.3) is 33.2 Å². The number of nitrogens with zero attached hydrogens (tertiary/aromatic N) is 1. The van der Waals surface area contributed by atoms with E-state index < -0.39 is 0 Å². The lowest BCUT2D eigenvalue weighted by atomic mass is 10.0. The Hall–Kier alpha value is -2.61. The van der Waals surface area contributed by atoms with Crippen LogP contribution in [0.15, 0.2) is 59.1 Å². The number of pyridine rings is 1. The fraction of sp³-hybridized carbons (Fsp3) is 0.150. The molecular weight excluding hydrogens is 270 g/mol. The van der Waals surface area contributed by atoms with E-state index in [9.17, 15) is 0 Å². The zero-order valence-electron chi connectivity index (χ0n) is 13.1. The summed E-state index contributed by atoms with van der Waals surface area (Å²) in [5, 5.41) is 2.35. The Morgan fingerprint density at radius 1 is 0.864 bits per heavy atom. The highest BCUT2D eigenvalue weighted by atomic mass is 16.3. The molecule has 0 atom stereocenters. The second-order valence-electron chi connectivity index (χ2n) is 5.96. The lowest BCUT2D eigenvalue weighted by molar-refractivity contribution is -0.660. The Balaban J connectivity index is 2.07. The van der Waals surface area contributed by atoms with Crippen molar-refractivity contribution >= 4 is 21.9 Å². The van der Waals surface area contributed by atoms with E-state index in [1.807, 2.05) is 12.1 Å². The van der Waals surface area contributed by atoms with Gasteiger partial charge in [0.15, 0.2) is 6.20 Å². The van der Waals surface area contributed by atoms with Crippen molar-refractivity contribution in [1.82, 2.24) is 0 Å². The first-order valence-electron chi connectivity index (χ1n) is 7.52. The van der Waals surface area contributed by atoms with Crippen LogP contribution in [-0.4, -0.2) is 0 Å². The van der Waals surface area contributed by atoms with Crippen LogP contribution < -0.4 is 4.57 Å². The predicted octanol–water partition coefficient (Wildman–Crippen LogP) is 4.69. The molecule has 0 unspecified atom stereocenters. The van der Waals surface area contributed by atoms with Gasteiger partial charge in [-0.25, -0.2) is 4.57 Å². The van der Waals surface area contributed by atoms with Crippen LogP contribution in [0.3, 0.4) is 0 Å². The van der Waals surface area contributed by atoms with Gasteiger partial charge >= 0.3 is 0 Å². The predicted molar refractivity (Wildman–Crippen MR) is 89.8 cm³/mol. The van der Waals surface area contributed by atoms with E-state index in [-0.39, 0.29) is 0 Å². The summed E-state index contributed by atoms with van der Waals surface area (Å²) in [7, 11) is 2.09. The zero-order valence-corrected chi connectivity index (χ0v) is 13.1. The van der Waals surface area contributed by atoms with Crippen molar-refractivity contribution in [2.24, 2.45) is 7.05 Å². The van der Waals surface area contributed by atoms with Crippen LogP contribution in [0, 0.1) is 13.8 Å². The first-order chi connectivity index (χ1) is 10.6. The van der Waals surface area contributed by atoms with E-state index in [1.54, 1.807) is 0 Å². The molecule has 22 heavy (non-hydrogen) atoms. The summed E-state index contributed by atoms with van der Waals surface area (Å²) in [6.45, 7) is 4.27. The van der Waals surface area contributed by atoms with Crippen molar-refractivity contribution in [2.45, 2.75) is 13.8 Å². The number of fused-ring (bicyclic) bond motifs is 3.